The first-order chi connectivity index (χ1) is 14.7. The highest BCUT2D eigenvalue weighted by Gasteiger charge is 2.20. The molecule has 152 valence electrons. The van der Waals surface area contributed by atoms with Crippen LogP contribution >= 0.6 is 0 Å². The van der Waals surface area contributed by atoms with Crippen molar-refractivity contribution in [1.29, 1.82) is 0 Å². The van der Waals surface area contributed by atoms with Gasteiger partial charge < -0.3 is 23.9 Å². The lowest BCUT2D eigenvalue weighted by Gasteiger charge is -2.23. The van der Waals surface area contributed by atoms with Crippen molar-refractivity contribution in [3.63, 3.8) is 0 Å². The molecule has 5 rings (SSSR count). The Morgan fingerprint density at radius 1 is 1.13 bits per heavy atom. The number of aryl methyl sites for hydroxylation is 1. The summed E-state index contributed by atoms with van der Waals surface area (Å²) in [5.74, 6) is 1.59. The number of benzene rings is 2. The van der Waals surface area contributed by atoms with Gasteiger partial charge in [0.05, 0.1) is 36.6 Å². The first-order valence-electron chi connectivity index (χ1n) is 9.95. The van der Waals surface area contributed by atoms with Gasteiger partial charge in [-0.3, -0.25) is 4.79 Å². The highest BCUT2D eigenvalue weighted by molar-refractivity contribution is 6.03. The first-order valence-corrected chi connectivity index (χ1v) is 9.95. The van der Waals surface area contributed by atoms with Crippen LogP contribution in [0.5, 0.6) is 5.75 Å². The molecule has 0 aliphatic carbocycles. The summed E-state index contributed by atoms with van der Waals surface area (Å²) in [6.45, 7) is 2.53. The van der Waals surface area contributed by atoms with Crippen LogP contribution in [0.15, 0.2) is 65.3 Å². The molecule has 0 saturated heterocycles. The maximum atomic E-state index is 12.5. The minimum atomic E-state index is -0.312. The topological polar surface area (TPSA) is 72.5 Å². The smallest absolute Gasteiger partial charge is 0.291 e. The van der Waals surface area contributed by atoms with Gasteiger partial charge in [-0.2, -0.15) is 0 Å². The lowest BCUT2D eigenvalue weighted by Crippen LogP contribution is -2.23. The number of para-hydroxylation sites is 2. The van der Waals surface area contributed by atoms with Crippen molar-refractivity contribution in [3.8, 4) is 5.75 Å². The van der Waals surface area contributed by atoms with Crippen LogP contribution in [0.2, 0.25) is 0 Å². The largest absolute Gasteiger partial charge is 0.495 e. The number of carbonyl (C=O) groups excluding carboxylic acids is 1. The zero-order valence-corrected chi connectivity index (χ0v) is 16.7. The van der Waals surface area contributed by atoms with E-state index < -0.39 is 0 Å². The normalized spacial score (nSPS) is 13.7. The number of anilines is 2. The molecule has 1 N–H and O–H groups in total. The number of hydrogen-bond donors (Lipinski definition) is 1. The SMILES string of the molecule is COc1ccc(N2CCCn3c(nc4ccccc43)C2)cc1NC(=O)c1ccco1. The summed E-state index contributed by atoms with van der Waals surface area (Å²) in [6, 6.07) is 17.4. The van der Waals surface area contributed by atoms with Crippen molar-refractivity contribution in [1.82, 2.24) is 9.55 Å². The van der Waals surface area contributed by atoms with E-state index in [0.29, 0.717) is 18.0 Å². The minimum Gasteiger partial charge on any atom is -0.495 e. The molecule has 2 aromatic heterocycles. The van der Waals surface area contributed by atoms with Crippen molar-refractivity contribution in [2.45, 2.75) is 19.5 Å². The molecule has 4 aromatic rings. The summed E-state index contributed by atoms with van der Waals surface area (Å²) in [5, 5.41) is 2.89. The van der Waals surface area contributed by atoms with Gasteiger partial charge in [-0.15, -0.1) is 0 Å². The molecule has 0 bridgehead atoms. The van der Waals surface area contributed by atoms with Gasteiger partial charge in [0.25, 0.3) is 5.91 Å². The van der Waals surface area contributed by atoms with Crippen molar-refractivity contribution in [2.75, 3.05) is 23.9 Å². The van der Waals surface area contributed by atoms with E-state index in [0.717, 1.165) is 36.5 Å². The van der Waals surface area contributed by atoms with Gasteiger partial charge in [0.1, 0.15) is 11.6 Å². The molecule has 2 aromatic carbocycles. The van der Waals surface area contributed by atoms with Gasteiger partial charge in [0, 0.05) is 18.8 Å². The maximum Gasteiger partial charge on any atom is 0.291 e. The average molecular weight is 402 g/mol. The van der Waals surface area contributed by atoms with Crippen molar-refractivity contribution in [3.05, 3.63) is 72.4 Å². The number of rotatable bonds is 4. The Kier molecular flexibility index (Phi) is 4.63. The van der Waals surface area contributed by atoms with Crippen LogP contribution in [0.4, 0.5) is 11.4 Å². The molecule has 30 heavy (non-hydrogen) atoms. The van der Waals surface area contributed by atoms with E-state index in [1.807, 2.05) is 24.3 Å². The monoisotopic (exact) mass is 402 g/mol. The molecule has 0 radical (unpaired) electrons. The third-order valence-corrected chi connectivity index (χ3v) is 5.42. The number of fused-ring (bicyclic) bond motifs is 3. The number of furan rings is 1. The molecule has 7 nitrogen and oxygen atoms in total. The van der Waals surface area contributed by atoms with Crippen molar-refractivity contribution >= 4 is 28.3 Å². The highest BCUT2D eigenvalue weighted by atomic mass is 16.5. The van der Waals surface area contributed by atoms with Gasteiger partial charge in [-0.1, -0.05) is 12.1 Å². The Morgan fingerprint density at radius 2 is 2.03 bits per heavy atom. The van der Waals surface area contributed by atoms with Gasteiger partial charge in [-0.05, 0) is 48.9 Å². The summed E-state index contributed by atoms with van der Waals surface area (Å²) >= 11 is 0. The quantitative estimate of drug-likeness (QED) is 0.551. The number of nitrogens with zero attached hydrogens (tertiary/aromatic N) is 3. The average Bonchev–Trinajstić information content (AvgIpc) is 3.37. The summed E-state index contributed by atoms with van der Waals surface area (Å²) in [5.41, 5.74) is 3.81. The molecule has 1 aliphatic heterocycles. The second kappa shape index (κ2) is 7.59. The molecular weight excluding hydrogens is 380 g/mol. The Hall–Kier alpha value is -3.74. The molecule has 0 atom stereocenters. The van der Waals surface area contributed by atoms with Crippen LogP contribution in [-0.4, -0.2) is 29.1 Å². The lowest BCUT2D eigenvalue weighted by molar-refractivity contribution is 0.0996. The Balaban J connectivity index is 1.45. The predicted molar refractivity (Wildman–Crippen MR) is 115 cm³/mol. The fourth-order valence-electron chi connectivity index (χ4n) is 3.97. The third-order valence-electron chi connectivity index (χ3n) is 5.42. The van der Waals surface area contributed by atoms with Gasteiger partial charge >= 0.3 is 0 Å². The molecule has 0 spiro atoms. The molecule has 3 heterocycles. The highest BCUT2D eigenvalue weighted by Crippen LogP contribution is 2.32. The zero-order chi connectivity index (χ0) is 20.5. The minimum absolute atomic E-state index is 0.256. The molecular formula is C23H22N4O3. The van der Waals surface area contributed by atoms with E-state index >= 15 is 0 Å². The van der Waals surface area contributed by atoms with E-state index in [1.165, 1.54) is 11.8 Å². The maximum absolute atomic E-state index is 12.5. The molecule has 1 aliphatic rings. The number of methoxy groups -OCH3 is 1. The number of amides is 1. The number of hydrogen-bond acceptors (Lipinski definition) is 5. The predicted octanol–water partition coefficient (Wildman–Crippen LogP) is 4.30. The summed E-state index contributed by atoms with van der Waals surface area (Å²) in [7, 11) is 1.59. The van der Waals surface area contributed by atoms with E-state index in [4.69, 9.17) is 14.1 Å². The van der Waals surface area contributed by atoms with E-state index in [9.17, 15) is 4.79 Å². The number of nitrogens with one attached hydrogen (secondary N) is 1. The fourth-order valence-corrected chi connectivity index (χ4v) is 3.97. The van der Waals surface area contributed by atoms with Crippen LogP contribution in [0.3, 0.4) is 0 Å². The molecule has 0 saturated carbocycles. The van der Waals surface area contributed by atoms with Crippen LogP contribution in [0.25, 0.3) is 11.0 Å². The standard InChI is InChI=1S/C23H22N4O3/c1-29-20-10-9-16(14-18(20)25-23(28)21-8-4-13-30-21)26-11-5-12-27-19-7-3-2-6-17(19)24-22(27)15-26/h2-4,6-10,13-14H,5,11-12,15H2,1H3,(H,25,28). The van der Waals surface area contributed by atoms with E-state index in [-0.39, 0.29) is 11.7 Å². The molecule has 1 amide bonds. The Bertz CT molecular complexity index is 1200. The number of carbonyl (C=O) groups is 1. The lowest BCUT2D eigenvalue weighted by atomic mass is 10.2. The molecule has 0 fully saturated rings. The molecule has 0 unspecified atom stereocenters. The third kappa shape index (κ3) is 3.28. The summed E-state index contributed by atoms with van der Waals surface area (Å²) in [6.07, 6.45) is 2.49. The summed E-state index contributed by atoms with van der Waals surface area (Å²) in [4.78, 5) is 19.6. The Morgan fingerprint density at radius 3 is 2.87 bits per heavy atom. The Labute approximate surface area is 173 Å². The van der Waals surface area contributed by atoms with Crippen molar-refractivity contribution < 1.29 is 13.9 Å². The first kappa shape index (κ1) is 18.3. The second-order valence-corrected chi connectivity index (χ2v) is 7.26. The van der Waals surface area contributed by atoms with E-state index in [2.05, 4.69) is 33.0 Å². The zero-order valence-electron chi connectivity index (χ0n) is 16.7. The van der Waals surface area contributed by atoms with Crippen LogP contribution in [-0.2, 0) is 13.1 Å². The van der Waals surface area contributed by atoms with Gasteiger partial charge in [0.2, 0.25) is 0 Å². The fraction of sp³-hybridized carbons (Fsp3) is 0.217. The number of aromatic nitrogens is 2. The second-order valence-electron chi connectivity index (χ2n) is 7.26. The van der Waals surface area contributed by atoms with Gasteiger partial charge in [-0.25, -0.2) is 4.98 Å². The van der Waals surface area contributed by atoms with Crippen LogP contribution in [0.1, 0.15) is 22.8 Å². The number of imidazole rings is 1. The summed E-state index contributed by atoms with van der Waals surface area (Å²) < 4.78 is 12.9. The van der Waals surface area contributed by atoms with Gasteiger partial charge in [0.15, 0.2) is 5.76 Å². The molecule has 7 heteroatoms. The van der Waals surface area contributed by atoms with Crippen LogP contribution < -0.4 is 15.0 Å². The number of ether oxygens (including phenoxy) is 1. The van der Waals surface area contributed by atoms with Crippen LogP contribution in [0, 0.1) is 0 Å². The van der Waals surface area contributed by atoms with E-state index in [1.54, 1.807) is 19.2 Å². The van der Waals surface area contributed by atoms with Crippen molar-refractivity contribution in [2.24, 2.45) is 0 Å².